The summed E-state index contributed by atoms with van der Waals surface area (Å²) in [6.07, 6.45) is 1.88. The van der Waals surface area contributed by atoms with Crippen molar-refractivity contribution in [3.63, 3.8) is 0 Å². The van der Waals surface area contributed by atoms with Gasteiger partial charge in [0.1, 0.15) is 12.2 Å². The molecule has 5 nitrogen and oxygen atoms in total. The molecular weight excluding hydrogens is 450 g/mol. The van der Waals surface area contributed by atoms with E-state index in [-0.39, 0.29) is 23.8 Å². The number of amides is 1. The number of carbonyl (C=O) groups is 1. The van der Waals surface area contributed by atoms with Gasteiger partial charge in [-0.1, -0.05) is 61.5 Å². The fraction of sp³-hybridized carbons (Fsp3) is 0.591. The average Bonchev–Trinajstić information content (AvgIpc) is 3.04. The molecule has 0 spiro atoms. The molecule has 0 aliphatic carbocycles. The Morgan fingerprint density at radius 3 is 2.48 bits per heavy atom. The van der Waals surface area contributed by atoms with E-state index >= 15 is 0 Å². The highest BCUT2D eigenvalue weighted by Crippen LogP contribution is 2.41. The number of hydrogen-bond acceptors (Lipinski definition) is 4. The standard InChI is InChI=1S/C22H34BrNO4Si/c1-8-13-27-20(25)24-16-22(26-5,17-9-11-18(23)12-10-17)14-19(24)15-28-29(6,7)21(2,3)4/h8-12,19H,1,13-16H2,2-7H3/t19-,22-/m0/s1. The van der Waals surface area contributed by atoms with Crippen LogP contribution in [0.5, 0.6) is 0 Å². The summed E-state index contributed by atoms with van der Waals surface area (Å²) in [4.78, 5) is 14.5. The van der Waals surface area contributed by atoms with Crippen LogP contribution in [0.1, 0.15) is 32.8 Å². The van der Waals surface area contributed by atoms with Crippen molar-refractivity contribution in [2.24, 2.45) is 0 Å². The highest BCUT2D eigenvalue weighted by atomic mass is 79.9. The molecule has 2 rings (SSSR count). The second kappa shape index (κ2) is 9.33. The largest absolute Gasteiger partial charge is 0.445 e. The molecule has 1 amide bonds. The van der Waals surface area contributed by atoms with Crippen LogP contribution in [0.3, 0.4) is 0 Å². The Morgan fingerprint density at radius 1 is 1.34 bits per heavy atom. The molecule has 0 unspecified atom stereocenters. The molecule has 1 aliphatic rings. The van der Waals surface area contributed by atoms with Crippen molar-refractivity contribution in [1.82, 2.24) is 4.90 Å². The molecule has 0 saturated carbocycles. The van der Waals surface area contributed by atoms with Gasteiger partial charge in [-0.2, -0.15) is 0 Å². The number of methoxy groups -OCH3 is 1. The number of ether oxygens (including phenoxy) is 2. The van der Waals surface area contributed by atoms with Gasteiger partial charge in [-0.25, -0.2) is 4.79 Å². The van der Waals surface area contributed by atoms with Crippen LogP contribution in [0, 0.1) is 0 Å². The third-order valence-corrected chi connectivity index (χ3v) is 11.2. The number of likely N-dealkylation sites (tertiary alicyclic amines) is 1. The van der Waals surface area contributed by atoms with Crippen molar-refractivity contribution in [2.75, 3.05) is 26.9 Å². The molecule has 0 aromatic heterocycles. The van der Waals surface area contributed by atoms with E-state index in [9.17, 15) is 4.79 Å². The summed E-state index contributed by atoms with van der Waals surface area (Å²) in [7, 11) is -0.247. The van der Waals surface area contributed by atoms with Crippen molar-refractivity contribution in [3.8, 4) is 0 Å². The van der Waals surface area contributed by atoms with Crippen LogP contribution >= 0.6 is 15.9 Å². The topological polar surface area (TPSA) is 48.0 Å². The molecule has 0 N–H and O–H groups in total. The molecular formula is C22H34BrNO4Si. The lowest BCUT2D eigenvalue weighted by molar-refractivity contribution is -0.00630. The van der Waals surface area contributed by atoms with Gasteiger partial charge in [0.15, 0.2) is 8.32 Å². The number of hydrogen-bond donors (Lipinski definition) is 0. The third-order valence-electron chi connectivity index (χ3n) is 6.19. The zero-order valence-corrected chi connectivity index (χ0v) is 21.0. The quantitative estimate of drug-likeness (QED) is 0.368. The molecule has 1 saturated heterocycles. The van der Waals surface area contributed by atoms with Crippen LogP contribution < -0.4 is 0 Å². The monoisotopic (exact) mass is 483 g/mol. The summed E-state index contributed by atoms with van der Waals surface area (Å²) in [5.74, 6) is 0. The van der Waals surface area contributed by atoms with Gasteiger partial charge in [0.05, 0.1) is 19.2 Å². The van der Waals surface area contributed by atoms with Crippen molar-refractivity contribution >= 4 is 30.3 Å². The number of carbonyl (C=O) groups excluding carboxylic acids is 1. The van der Waals surface area contributed by atoms with E-state index < -0.39 is 13.9 Å². The van der Waals surface area contributed by atoms with E-state index in [4.69, 9.17) is 13.9 Å². The van der Waals surface area contributed by atoms with E-state index in [1.807, 2.05) is 24.3 Å². The van der Waals surface area contributed by atoms with Gasteiger partial charge in [-0.3, -0.25) is 4.90 Å². The number of benzene rings is 1. The minimum atomic E-state index is -1.95. The van der Waals surface area contributed by atoms with Crippen LogP contribution in [0.2, 0.25) is 18.1 Å². The SMILES string of the molecule is C=CCOC(=O)N1C[C@](OC)(c2ccc(Br)cc2)C[C@H]1CO[Si](C)(C)C(C)(C)C. The summed E-state index contributed by atoms with van der Waals surface area (Å²) in [6.45, 7) is 15.8. The second-order valence-corrected chi connectivity index (χ2v) is 14.9. The smallest absolute Gasteiger partial charge is 0.410 e. The molecule has 2 atom stereocenters. The van der Waals surface area contributed by atoms with Gasteiger partial charge in [0.25, 0.3) is 0 Å². The fourth-order valence-electron chi connectivity index (χ4n) is 3.28. The van der Waals surface area contributed by atoms with Crippen molar-refractivity contribution in [3.05, 3.63) is 47.0 Å². The first-order chi connectivity index (χ1) is 13.5. The summed E-state index contributed by atoms with van der Waals surface area (Å²) in [5, 5.41) is 0.101. The summed E-state index contributed by atoms with van der Waals surface area (Å²) < 4.78 is 18.8. The Bertz CT molecular complexity index is 717. The third kappa shape index (κ3) is 5.51. The average molecular weight is 485 g/mol. The predicted molar refractivity (Wildman–Crippen MR) is 123 cm³/mol. The number of nitrogens with zero attached hydrogens (tertiary/aromatic N) is 1. The summed E-state index contributed by atoms with van der Waals surface area (Å²) in [5.41, 5.74) is 0.453. The lowest BCUT2D eigenvalue weighted by atomic mass is 9.91. The van der Waals surface area contributed by atoms with Crippen LogP contribution in [-0.4, -0.2) is 52.2 Å². The van der Waals surface area contributed by atoms with E-state index in [0.29, 0.717) is 19.6 Å². The van der Waals surface area contributed by atoms with E-state index in [0.717, 1.165) is 10.0 Å². The zero-order chi connectivity index (χ0) is 21.9. The van der Waals surface area contributed by atoms with E-state index in [2.05, 4.69) is 56.4 Å². The van der Waals surface area contributed by atoms with Gasteiger partial charge >= 0.3 is 6.09 Å². The lowest BCUT2D eigenvalue weighted by Crippen LogP contribution is -2.46. The van der Waals surface area contributed by atoms with Gasteiger partial charge < -0.3 is 13.9 Å². The Morgan fingerprint density at radius 2 is 1.97 bits per heavy atom. The zero-order valence-electron chi connectivity index (χ0n) is 18.5. The molecule has 0 bridgehead atoms. The minimum Gasteiger partial charge on any atom is -0.445 e. The highest BCUT2D eigenvalue weighted by molar-refractivity contribution is 9.10. The summed E-state index contributed by atoms with van der Waals surface area (Å²) >= 11 is 3.48. The second-order valence-electron chi connectivity index (χ2n) is 9.13. The van der Waals surface area contributed by atoms with Gasteiger partial charge in [0, 0.05) is 18.0 Å². The maximum Gasteiger partial charge on any atom is 0.410 e. The molecule has 1 aromatic carbocycles. The van der Waals surface area contributed by atoms with Crippen molar-refractivity contribution < 1.29 is 18.7 Å². The Labute approximate surface area is 184 Å². The molecule has 29 heavy (non-hydrogen) atoms. The van der Waals surface area contributed by atoms with Gasteiger partial charge in [0.2, 0.25) is 0 Å². The molecule has 0 radical (unpaired) electrons. The van der Waals surface area contributed by atoms with Crippen LogP contribution in [0.25, 0.3) is 0 Å². The first-order valence-electron chi connectivity index (χ1n) is 9.95. The van der Waals surface area contributed by atoms with E-state index in [1.165, 1.54) is 0 Å². The predicted octanol–water partition coefficient (Wildman–Crippen LogP) is 5.71. The molecule has 1 aromatic rings. The Kier molecular flexibility index (Phi) is 7.76. The molecule has 1 fully saturated rings. The van der Waals surface area contributed by atoms with Crippen molar-refractivity contribution in [1.29, 1.82) is 0 Å². The minimum absolute atomic E-state index is 0.101. The molecule has 1 aliphatic heterocycles. The highest BCUT2D eigenvalue weighted by Gasteiger charge is 2.49. The van der Waals surface area contributed by atoms with E-state index in [1.54, 1.807) is 18.1 Å². The molecule has 1 heterocycles. The maximum atomic E-state index is 12.8. The van der Waals surface area contributed by atoms with Gasteiger partial charge in [-0.15, -0.1) is 0 Å². The first kappa shape index (κ1) is 24.1. The number of rotatable bonds is 7. The maximum absolute atomic E-state index is 12.8. The normalized spacial score (nSPS) is 22.6. The molecule has 7 heteroatoms. The Balaban J connectivity index is 2.29. The Hall–Kier alpha value is -1.15. The summed E-state index contributed by atoms with van der Waals surface area (Å²) in [6, 6.07) is 7.95. The van der Waals surface area contributed by atoms with Gasteiger partial charge in [-0.05, 0) is 35.8 Å². The molecule has 162 valence electrons. The van der Waals surface area contributed by atoms with Crippen LogP contribution in [0.15, 0.2) is 41.4 Å². The lowest BCUT2D eigenvalue weighted by Gasteiger charge is -2.37. The van der Waals surface area contributed by atoms with Crippen LogP contribution in [0.4, 0.5) is 4.79 Å². The van der Waals surface area contributed by atoms with Crippen molar-refractivity contribution in [2.45, 2.75) is 57.0 Å². The first-order valence-corrected chi connectivity index (χ1v) is 13.7. The number of halogens is 1. The van der Waals surface area contributed by atoms with Crippen LogP contribution in [-0.2, 0) is 19.5 Å². The fourth-order valence-corrected chi connectivity index (χ4v) is 4.59.